The maximum atomic E-state index is 5.91. The Bertz CT molecular complexity index is 460. The van der Waals surface area contributed by atoms with Gasteiger partial charge in [-0.2, -0.15) is 0 Å². The molecule has 0 spiro atoms. The Kier molecular flexibility index (Phi) is 3.87. The third kappa shape index (κ3) is 3.26. The lowest BCUT2D eigenvalue weighted by molar-refractivity contribution is 1.17. The Labute approximate surface area is 106 Å². The summed E-state index contributed by atoms with van der Waals surface area (Å²) in [6, 6.07) is 15.7. The van der Waals surface area contributed by atoms with Crippen LogP contribution in [0.1, 0.15) is 11.1 Å². The van der Waals surface area contributed by atoms with Crippen molar-refractivity contribution in [1.29, 1.82) is 0 Å². The van der Waals surface area contributed by atoms with E-state index in [-0.39, 0.29) is 0 Å². The molecule has 0 fully saturated rings. The van der Waals surface area contributed by atoms with Gasteiger partial charge in [0.05, 0.1) is 0 Å². The molecule has 2 aromatic carbocycles. The van der Waals surface area contributed by atoms with E-state index >= 15 is 0 Å². The van der Waals surface area contributed by atoms with Gasteiger partial charge in [0.2, 0.25) is 0 Å². The van der Waals surface area contributed by atoms with Crippen LogP contribution in [0.2, 0.25) is 10.0 Å². The zero-order chi connectivity index (χ0) is 11.4. The standard InChI is InChI=1S/C14H11Cl2/c15-13-8-6-11(7-9-13)4-5-12-2-1-3-14(16)10-12/h1-3,5-10H,4H2. The fraction of sp³-hybridized carbons (Fsp3) is 0.0714. The third-order valence-corrected chi connectivity index (χ3v) is 2.82. The van der Waals surface area contributed by atoms with Gasteiger partial charge in [-0.05, 0) is 48.2 Å². The fourth-order valence-electron chi connectivity index (χ4n) is 1.49. The molecule has 0 amide bonds. The Morgan fingerprint density at radius 3 is 2.31 bits per heavy atom. The molecule has 0 heterocycles. The summed E-state index contributed by atoms with van der Waals surface area (Å²) in [7, 11) is 0. The van der Waals surface area contributed by atoms with Crippen molar-refractivity contribution < 1.29 is 0 Å². The number of rotatable bonds is 3. The van der Waals surface area contributed by atoms with Crippen molar-refractivity contribution in [3.8, 4) is 0 Å². The van der Waals surface area contributed by atoms with Gasteiger partial charge in [0, 0.05) is 10.0 Å². The minimum Gasteiger partial charge on any atom is -0.0843 e. The first-order valence-electron chi connectivity index (χ1n) is 5.07. The van der Waals surface area contributed by atoms with Gasteiger partial charge in [-0.15, -0.1) is 0 Å². The summed E-state index contributed by atoms with van der Waals surface area (Å²) in [6.45, 7) is 0. The molecule has 0 atom stereocenters. The molecule has 16 heavy (non-hydrogen) atoms. The topological polar surface area (TPSA) is 0 Å². The number of hydrogen-bond acceptors (Lipinski definition) is 0. The molecular weight excluding hydrogens is 239 g/mol. The van der Waals surface area contributed by atoms with Gasteiger partial charge in [0.15, 0.2) is 0 Å². The average molecular weight is 250 g/mol. The van der Waals surface area contributed by atoms with Crippen LogP contribution in [-0.2, 0) is 6.42 Å². The van der Waals surface area contributed by atoms with Crippen molar-refractivity contribution in [2.24, 2.45) is 0 Å². The van der Waals surface area contributed by atoms with E-state index in [2.05, 4.69) is 6.42 Å². The second-order valence-electron chi connectivity index (χ2n) is 3.59. The first-order valence-corrected chi connectivity index (χ1v) is 5.83. The molecule has 81 valence electrons. The van der Waals surface area contributed by atoms with Crippen LogP contribution in [0.25, 0.3) is 0 Å². The van der Waals surface area contributed by atoms with Crippen LogP contribution < -0.4 is 0 Å². The summed E-state index contributed by atoms with van der Waals surface area (Å²) in [4.78, 5) is 0. The normalized spacial score (nSPS) is 10.4. The first-order chi connectivity index (χ1) is 7.74. The molecule has 1 radical (unpaired) electrons. The van der Waals surface area contributed by atoms with Crippen LogP contribution >= 0.6 is 23.2 Å². The highest BCUT2D eigenvalue weighted by molar-refractivity contribution is 6.30. The average Bonchev–Trinajstić information content (AvgIpc) is 2.28. The summed E-state index contributed by atoms with van der Waals surface area (Å²) in [5, 5.41) is 1.54. The van der Waals surface area contributed by atoms with Crippen LogP contribution in [0.4, 0.5) is 0 Å². The van der Waals surface area contributed by atoms with Crippen molar-refractivity contribution in [1.82, 2.24) is 0 Å². The van der Waals surface area contributed by atoms with E-state index < -0.39 is 0 Å². The van der Waals surface area contributed by atoms with E-state index in [0.717, 1.165) is 22.0 Å². The van der Waals surface area contributed by atoms with Crippen molar-refractivity contribution in [3.05, 3.63) is 76.1 Å². The highest BCUT2D eigenvalue weighted by Crippen LogP contribution is 2.16. The third-order valence-electron chi connectivity index (χ3n) is 2.34. The minimum atomic E-state index is 0.768. The van der Waals surface area contributed by atoms with E-state index in [1.165, 1.54) is 5.56 Å². The maximum Gasteiger partial charge on any atom is 0.0408 e. The van der Waals surface area contributed by atoms with Gasteiger partial charge in [-0.3, -0.25) is 0 Å². The monoisotopic (exact) mass is 249 g/mol. The Hall–Kier alpha value is -0.980. The van der Waals surface area contributed by atoms with Crippen molar-refractivity contribution >= 4 is 23.2 Å². The number of halogens is 2. The molecule has 0 nitrogen and oxygen atoms in total. The van der Waals surface area contributed by atoms with Gasteiger partial charge < -0.3 is 0 Å². The van der Waals surface area contributed by atoms with E-state index in [0.29, 0.717) is 0 Å². The van der Waals surface area contributed by atoms with E-state index in [9.17, 15) is 0 Å². The smallest absolute Gasteiger partial charge is 0.0408 e. The van der Waals surface area contributed by atoms with Crippen LogP contribution in [0.15, 0.2) is 48.5 Å². The van der Waals surface area contributed by atoms with Crippen LogP contribution in [-0.4, -0.2) is 0 Å². The number of hydrogen-bond donors (Lipinski definition) is 0. The summed E-state index contributed by atoms with van der Waals surface area (Å²) in [5.41, 5.74) is 2.38. The Morgan fingerprint density at radius 1 is 0.875 bits per heavy atom. The van der Waals surface area contributed by atoms with E-state index in [4.69, 9.17) is 23.2 Å². The molecule has 0 bridgehead atoms. The second-order valence-corrected chi connectivity index (χ2v) is 4.46. The van der Waals surface area contributed by atoms with Gasteiger partial charge in [0.25, 0.3) is 0 Å². The zero-order valence-corrected chi connectivity index (χ0v) is 10.2. The molecule has 2 aromatic rings. The van der Waals surface area contributed by atoms with E-state index in [1.807, 2.05) is 48.5 Å². The largest absolute Gasteiger partial charge is 0.0843 e. The van der Waals surface area contributed by atoms with Crippen LogP contribution in [0.5, 0.6) is 0 Å². The van der Waals surface area contributed by atoms with Gasteiger partial charge in [0.1, 0.15) is 0 Å². The lowest BCUT2D eigenvalue weighted by atomic mass is 10.0. The van der Waals surface area contributed by atoms with Gasteiger partial charge in [-0.1, -0.05) is 47.5 Å². The van der Waals surface area contributed by atoms with Gasteiger partial charge >= 0.3 is 0 Å². The lowest BCUT2D eigenvalue weighted by Gasteiger charge is -2.02. The summed E-state index contributed by atoms with van der Waals surface area (Å²) in [6.07, 6.45) is 3.03. The SMILES string of the molecule is Clc1ccc(C[CH]c2cccc(Cl)c2)cc1. The molecule has 0 aliphatic heterocycles. The van der Waals surface area contributed by atoms with E-state index in [1.54, 1.807) is 0 Å². The molecule has 0 N–H and O–H groups in total. The highest BCUT2D eigenvalue weighted by Gasteiger charge is 1.97. The molecule has 0 saturated heterocycles. The Morgan fingerprint density at radius 2 is 1.62 bits per heavy atom. The second kappa shape index (κ2) is 5.38. The summed E-state index contributed by atoms with van der Waals surface area (Å²) in [5.74, 6) is 0. The molecule has 2 rings (SSSR count). The lowest BCUT2D eigenvalue weighted by Crippen LogP contribution is -1.88. The van der Waals surface area contributed by atoms with Crippen LogP contribution in [0, 0.1) is 6.42 Å². The molecule has 0 aliphatic carbocycles. The highest BCUT2D eigenvalue weighted by atomic mass is 35.5. The minimum absolute atomic E-state index is 0.768. The summed E-state index contributed by atoms with van der Waals surface area (Å²) >= 11 is 11.7. The van der Waals surface area contributed by atoms with Gasteiger partial charge in [-0.25, -0.2) is 0 Å². The summed E-state index contributed by atoms with van der Waals surface area (Å²) < 4.78 is 0. The maximum absolute atomic E-state index is 5.91. The molecule has 0 unspecified atom stereocenters. The molecule has 0 aliphatic rings. The first kappa shape index (κ1) is 11.5. The van der Waals surface area contributed by atoms with Crippen molar-refractivity contribution in [3.63, 3.8) is 0 Å². The Balaban J connectivity index is 1.99. The number of benzene rings is 2. The van der Waals surface area contributed by atoms with Crippen LogP contribution in [0.3, 0.4) is 0 Å². The predicted octanol–water partition coefficient (Wildman–Crippen LogP) is 4.79. The molecular formula is C14H11Cl2. The zero-order valence-electron chi connectivity index (χ0n) is 8.66. The quantitative estimate of drug-likeness (QED) is 0.734. The van der Waals surface area contributed by atoms with Crippen molar-refractivity contribution in [2.75, 3.05) is 0 Å². The predicted molar refractivity (Wildman–Crippen MR) is 70.0 cm³/mol. The molecule has 0 saturated carbocycles. The molecule has 2 heteroatoms. The fourth-order valence-corrected chi connectivity index (χ4v) is 1.81. The molecule has 0 aromatic heterocycles. The van der Waals surface area contributed by atoms with Crippen molar-refractivity contribution in [2.45, 2.75) is 6.42 Å².